The van der Waals surface area contributed by atoms with Crippen molar-refractivity contribution >= 4 is 25.7 Å². The molecule has 8 nitrogen and oxygen atoms in total. The molecule has 0 radical (unpaired) electrons. The average Bonchev–Trinajstić information content (AvgIpc) is 2.77. The zero-order valence-electron chi connectivity index (χ0n) is 19.3. The number of methoxy groups -OCH3 is 2. The van der Waals surface area contributed by atoms with Crippen LogP contribution in [-0.4, -0.2) is 36.6 Å². The van der Waals surface area contributed by atoms with Gasteiger partial charge in [-0.1, -0.05) is 0 Å². The van der Waals surface area contributed by atoms with Crippen LogP contribution in [0.1, 0.15) is 38.5 Å². The summed E-state index contributed by atoms with van der Waals surface area (Å²) in [5.41, 5.74) is -0.0784. The van der Waals surface area contributed by atoms with Crippen LogP contribution in [0.4, 0.5) is 5.69 Å². The lowest BCUT2D eigenvalue weighted by molar-refractivity contribution is -0.00810. The zero-order chi connectivity index (χ0) is 24.1. The number of anilines is 1. The molecule has 0 unspecified atom stereocenters. The summed E-state index contributed by atoms with van der Waals surface area (Å²) in [6, 6.07) is 10.2. The Balaban J connectivity index is 1.33. The minimum Gasteiger partial charge on any atom is -0.497 e. The predicted molar refractivity (Wildman–Crippen MR) is 128 cm³/mol. The molecule has 4 saturated carbocycles. The van der Waals surface area contributed by atoms with Crippen LogP contribution in [-0.2, 0) is 20.0 Å². The second-order valence-electron chi connectivity index (χ2n) is 9.95. The third-order valence-electron chi connectivity index (χ3n) is 7.47. The van der Waals surface area contributed by atoms with Gasteiger partial charge in [0.1, 0.15) is 16.4 Å². The molecule has 4 bridgehead atoms. The van der Waals surface area contributed by atoms with E-state index in [-0.39, 0.29) is 26.8 Å². The van der Waals surface area contributed by atoms with E-state index in [0.29, 0.717) is 23.5 Å². The van der Waals surface area contributed by atoms with Crippen LogP contribution < -0.4 is 18.9 Å². The number of hydrogen-bond acceptors (Lipinski definition) is 6. The van der Waals surface area contributed by atoms with E-state index in [1.54, 1.807) is 0 Å². The number of sulfonamides is 2. The standard InChI is InChI=1S/C24H30N2O6S2/c1-31-20-5-8-23(22(12-20)32-2)34(29,30)25-19-3-6-21(7-4-19)33(27,28)26-24-13-16-9-17(14-24)11-18(10-16)15-24/h3-8,12,16-18,25-26H,9-11,13-15H2,1-2H3. The van der Waals surface area contributed by atoms with E-state index in [2.05, 4.69) is 9.44 Å². The van der Waals surface area contributed by atoms with E-state index in [0.717, 1.165) is 19.3 Å². The molecule has 0 heterocycles. The van der Waals surface area contributed by atoms with Gasteiger partial charge >= 0.3 is 0 Å². The van der Waals surface area contributed by atoms with Crippen molar-refractivity contribution in [2.24, 2.45) is 17.8 Å². The highest BCUT2D eigenvalue weighted by Crippen LogP contribution is 2.56. The van der Waals surface area contributed by atoms with Crippen molar-refractivity contribution in [1.29, 1.82) is 0 Å². The maximum absolute atomic E-state index is 13.2. The fraction of sp³-hybridized carbons (Fsp3) is 0.500. The summed E-state index contributed by atoms with van der Waals surface area (Å²) in [6.07, 6.45) is 6.44. The Bertz CT molecular complexity index is 1250. The van der Waals surface area contributed by atoms with Crippen LogP contribution in [0.2, 0.25) is 0 Å². The van der Waals surface area contributed by atoms with Gasteiger partial charge in [0, 0.05) is 17.3 Å². The van der Waals surface area contributed by atoms with E-state index in [1.807, 2.05) is 0 Å². The van der Waals surface area contributed by atoms with E-state index < -0.39 is 20.0 Å². The number of rotatable bonds is 8. The largest absolute Gasteiger partial charge is 0.497 e. The van der Waals surface area contributed by atoms with Crippen molar-refractivity contribution in [3.05, 3.63) is 42.5 Å². The molecule has 2 aromatic rings. The smallest absolute Gasteiger partial charge is 0.265 e. The van der Waals surface area contributed by atoms with Gasteiger partial charge in [0.05, 0.1) is 19.1 Å². The molecule has 2 aromatic carbocycles. The van der Waals surface area contributed by atoms with Crippen molar-refractivity contribution in [3.63, 3.8) is 0 Å². The number of hydrogen-bond donors (Lipinski definition) is 2. The molecular formula is C24H30N2O6S2. The lowest BCUT2D eigenvalue weighted by Crippen LogP contribution is -2.59. The Hall–Kier alpha value is -2.30. The fourth-order valence-corrected chi connectivity index (χ4v) is 9.13. The van der Waals surface area contributed by atoms with Gasteiger partial charge in [0.15, 0.2) is 0 Å². The van der Waals surface area contributed by atoms with Gasteiger partial charge in [-0.2, -0.15) is 0 Å². The zero-order valence-corrected chi connectivity index (χ0v) is 20.9. The van der Waals surface area contributed by atoms with Gasteiger partial charge in [-0.25, -0.2) is 21.6 Å². The van der Waals surface area contributed by atoms with E-state index in [4.69, 9.17) is 9.47 Å². The van der Waals surface area contributed by atoms with E-state index >= 15 is 0 Å². The van der Waals surface area contributed by atoms with Gasteiger partial charge in [0.2, 0.25) is 10.0 Å². The summed E-state index contributed by atoms with van der Waals surface area (Å²) < 4.78 is 68.1. The minimum absolute atomic E-state index is 0.0454. The summed E-state index contributed by atoms with van der Waals surface area (Å²) in [6.45, 7) is 0. The Labute approximate surface area is 201 Å². The van der Waals surface area contributed by atoms with E-state index in [9.17, 15) is 16.8 Å². The van der Waals surface area contributed by atoms with Crippen molar-refractivity contribution in [3.8, 4) is 11.5 Å². The van der Waals surface area contributed by atoms with Crippen molar-refractivity contribution < 1.29 is 26.3 Å². The average molecular weight is 507 g/mol. The van der Waals surface area contributed by atoms with Crippen LogP contribution in [0.3, 0.4) is 0 Å². The molecule has 4 fully saturated rings. The third-order valence-corrected chi connectivity index (χ3v) is 10.5. The topological polar surface area (TPSA) is 111 Å². The van der Waals surface area contributed by atoms with Crippen LogP contribution in [0.5, 0.6) is 11.5 Å². The minimum atomic E-state index is -3.96. The first-order valence-corrected chi connectivity index (χ1v) is 14.5. The fourth-order valence-electron chi connectivity index (χ4n) is 6.49. The number of ether oxygens (including phenoxy) is 2. The Kier molecular flexibility index (Phi) is 5.81. The first-order chi connectivity index (χ1) is 16.1. The third kappa shape index (κ3) is 4.38. The highest BCUT2D eigenvalue weighted by atomic mass is 32.2. The molecule has 0 saturated heterocycles. The van der Waals surface area contributed by atoms with Crippen molar-refractivity contribution in [2.75, 3.05) is 18.9 Å². The summed E-state index contributed by atoms with van der Waals surface area (Å²) in [5.74, 6) is 2.49. The molecular weight excluding hydrogens is 476 g/mol. The van der Waals surface area contributed by atoms with Gasteiger partial charge in [0.25, 0.3) is 10.0 Å². The van der Waals surface area contributed by atoms with Crippen LogP contribution in [0.25, 0.3) is 0 Å². The molecule has 0 spiro atoms. The summed E-state index contributed by atoms with van der Waals surface area (Å²) in [4.78, 5) is 0.0872. The van der Waals surface area contributed by atoms with Crippen LogP contribution >= 0.6 is 0 Å². The molecule has 0 amide bonds. The summed E-state index contributed by atoms with van der Waals surface area (Å²) in [7, 11) is -4.82. The predicted octanol–water partition coefficient (Wildman–Crippen LogP) is 3.75. The molecule has 10 heteroatoms. The maximum Gasteiger partial charge on any atom is 0.265 e. The lowest BCUT2D eigenvalue weighted by Gasteiger charge is -2.56. The van der Waals surface area contributed by atoms with Crippen molar-refractivity contribution in [2.45, 2.75) is 53.9 Å². The molecule has 34 heavy (non-hydrogen) atoms. The quantitative estimate of drug-likeness (QED) is 0.564. The first-order valence-electron chi connectivity index (χ1n) is 11.5. The maximum atomic E-state index is 13.2. The Morgan fingerprint density at radius 1 is 0.794 bits per heavy atom. The molecule has 0 aromatic heterocycles. The molecule has 2 N–H and O–H groups in total. The molecule has 0 aliphatic heterocycles. The highest BCUT2D eigenvalue weighted by molar-refractivity contribution is 7.92. The summed E-state index contributed by atoms with van der Waals surface area (Å²) >= 11 is 0. The monoisotopic (exact) mass is 506 g/mol. The second-order valence-corrected chi connectivity index (χ2v) is 13.3. The molecule has 4 aliphatic rings. The number of nitrogens with one attached hydrogen (secondary N) is 2. The second kappa shape index (κ2) is 8.42. The summed E-state index contributed by atoms with van der Waals surface area (Å²) in [5, 5.41) is 0. The SMILES string of the molecule is COc1ccc(S(=O)(=O)Nc2ccc(S(=O)(=O)NC34CC5CC(CC(C5)C3)C4)cc2)c(OC)c1. The van der Waals surface area contributed by atoms with Gasteiger partial charge < -0.3 is 9.47 Å². The Morgan fingerprint density at radius 3 is 1.91 bits per heavy atom. The highest BCUT2D eigenvalue weighted by Gasteiger charge is 2.52. The lowest BCUT2D eigenvalue weighted by atomic mass is 9.53. The van der Waals surface area contributed by atoms with Gasteiger partial charge in [-0.3, -0.25) is 4.72 Å². The molecule has 184 valence electrons. The van der Waals surface area contributed by atoms with E-state index in [1.165, 1.54) is 75.9 Å². The molecule has 0 atom stereocenters. The van der Waals surface area contributed by atoms with Crippen molar-refractivity contribution in [1.82, 2.24) is 4.72 Å². The number of benzene rings is 2. The van der Waals surface area contributed by atoms with Crippen LogP contribution in [0.15, 0.2) is 52.3 Å². The van der Waals surface area contributed by atoms with Gasteiger partial charge in [-0.05, 0) is 92.7 Å². The molecule has 4 aliphatic carbocycles. The van der Waals surface area contributed by atoms with Gasteiger partial charge in [-0.15, -0.1) is 0 Å². The first kappa shape index (κ1) is 23.4. The normalized spacial score (nSPS) is 28.0. The Morgan fingerprint density at radius 2 is 1.38 bits per heavy atom. The molecule has 6 rings (SSSR count). The van der Waals surface area contributed by atoms with Crippen LogP contribution in [0, 0.1) is 17.8 Å².